The Balaban J connectivity index is 1.71. The maximum atomic E-state index is 12.8. The topological polar surface area (TPSA) is 75.8 Å². The highest BCUT2D eigenvalue weighted by molar-refractivity contribution is 5.87. The fourth-order valence-corrected chi connectivity index (χ4v) is 4.41. The first-order valence-electron chi connectivity index (χ1n) is 12.2. The molecule has 10 heteroatoms. The number of rotatable bonds is 8. The zero-order valence-electron chi connectivity index (χ0n) is 20.7. The van der Waals surface area contributed by atoms with E-state index in [1.54, 1.807) is 26.0 Å². The molecular weight excluding hydrogens is 500 g/mol. The summed E-state index contributed by atoms with van der Waals surface area (Å²) in [5.74, 6) is 0. The molecule has 0 amide bonds. The van der Waals surface area contributed by atoms with Gasteiger partial charge >= 0.3 is 0 Å². The molecule has 3 aromatic rings. The molecule has 2 N–H and O–H groups in total. The van der Waals surface area contributed by atoms with Gasteiger partial charge < -0.3 is 19.4 Å². The van der Waals surface area contributed by atoms with Gasteiger partial charge in [0.05, 0.1) is 35.0 Å². The average molecular weight is 527 g/mol. The Morgan fingerprint density at radius 1 is 0.711 bits per heavy atom. The van der Waals surface area contributed by atoms with Gasteiger partial charge in [-0.3, -0.25) is 0 Å². The SMILES string of the molecule is CC(OCC(F)F)C1=Cc2cc3[nH]c(cc4nc(cc5ccc(cc1n2)[nH]5)C=C4)cc3C(C)OCC(F)F. The van der Waals surface area contributed by atoms with Crippen molar-refractivity contribution < 1.29 is 27.0 Å². The predicted molar refractivity (Wildman–Crippen MR) is 140 cm³/mol. The highest BCUT2D eigenvalue weighted by Gasteiger charge is 2.20. The number of alkyl halides is 4. The van der Waals surface area contributed by atoms with Gasteiger partial charge in [0.25, 0.3) is 12.9 Å². The van der Waals surface area contributed by atoms with Crippen LogP contribution in [0.5, 0.6) is 0 Å². The molecule has 2 aliphatic heterocycles. The van der Waals surface area contributed by atoms with E-state index >= 15 is 0 Å². The zero-order valence-corrected chi connectivity index (χ0v) is 20.7. The molecule has 0 fully saturated rings. The van der Waals surface area contributed by atoms with Gasteiger partial charge in [0.15, 0.2) is 0 Å². The van der Waals surface area contributed by atoms with Crippen molar-refractivity contribution in [1.82, 2.24) is 19.9 Å². The van der Waals surface area contributed by atoms with Gasteiger partial charge in [-0.25, -0.2) is 27.5 Å². The lowest BCUT2D eigenvalue weighted by Crippen LogP contribution is -2.15. The van der Waals surface area contributed by atoms with Gasteiger partial charge in [-0.1, -0.05) is 0 Å². The van der Waals surface area contributed by atoms with E-state index in [1.165, 1.54) is 0 Å². The summed E-state index contributed by atoms with van der Waals surface area (Å²) in [6, 6.07) is 13.0. The first-order chi connectivity index (χ1) is 18.2. The Kier molecular flexibility index (Phi) is 7.44. The number of halogens is 4. The van der Waals surface area contributed by atoms with E-state index in [0.29, 0.717) is 33.6 Å². The zero-order chi connectivity index (χ0) is 26.8. The van der Waals surface area contributed by atoms with Crippen molar-refractivity contribution >= 4 is 45.9 Å². The number of fused-ring (bicyclic) bond motifs is 8. The Morgan fingerprint density at radius 2 is 1.34 bits per heavy atom. The quantitative estimate of drug-likeness (QED) is 0.242. The first-order valence-corrected chi connectivity index (χ1v) is 12.2. The maximum absolute atomic E-state index is 12.8. The molecule has 5 rings (SSSR count). The lowest BCUT2D eigenvalue weighted by molar-refractivity contribution is -0.0176. The molecule has 0 aromatic carbocycles. The molecule has 0 aliphatic carbocycles. The predicted octanol–water partition coefficient (Wildman–Crippen LogP) is 7.04. The summed E-state index contributed by atoms with van der Waals surface area (Å²) in [4.78, 5) is 16.0. The molecule has 3 aromatic heterocycles. The van der Waals surface area contributed by atoms with Crippen molar-refractivity contribution in [3.8, 4) is 0 Å². The fraction of sp³-hybridized carbons (Fsp3) is 0.286. The van der Waals surface area contributed by atoms with Crippen LogP contribution >= 0.6 is 0 Å². The molecule has 0 saturated heterocycles. The molecule has 8 bridgehead atoms. The second-order valence-corrected chi connectivity index (χ2v) is 9.09. The van der Waals surface area contributed by atoms with Crippen LogP contribution in [0.3, 0.4) is 0 Å². The van der Waals surface area contributed by atoms with Gasteiger partial charge in [-0.2, -0.15) is 0 Å². The van der Waals surface area contributed by atoms with Crippen LogP contribution in [0, 0.1) is 0 Å². The Hall–Kier alpha value is -3.76. The van der Waals surface area contributed by atoms with Crippen molar-refractivity contribution in [2.75, 3.05) is 13.2 Å². The largest absolute Gasteiger partial charge is 0.368 e. The minimum atomic E-state index is -2.59. The number of nitrogens with one attached hydrogen (secondary N) is 2. The minimum Gasteiger partial charge on any atom is -0.368 e. The molecule has 0 radical (unpaired) electrons. The molecule has 0 saturated carbocycles. The van der Waals surface area contributed by atoms with Crippen LogP contribution in [0.15, 0.2) is 42.5 Å². The van der Waals surface area contributed by atoms with Gasteiger partial charge in [0.1, 0.15) is 13.2 Å². The van der Waals surface area contributed by atoms with E-state index in [2.05, 4.69) is 15.0 Å². The standard InChI is InChI=1S/C28H26F4N4O2/c1-15(37-13-27(29)30)23-9-21-8-19-4-3-17(33-19)7-18-5-6-20(34-18)11-25-24(16(2)38-14-28(31)32)10-22(36-25)12-26(23)35-21/h3-12,15-16,27-28,34-35H,13-14H2,1-2H3. The number of aromatic nitrogens is 4. The van der Waals surface area contributed by atoms with E-state index < -0.39 is 38.3 Å². The second-order valence-electron chi connectivity index (χ2n) is 9.09. The number of aromatic amines is 2. The summed E-state index contributed by atoms with van der Waals surface area (Å²) in [6.45, 7) is 2.01. The van der Waals surface area contributed by atoms with Gasteiger partial charge in [0.2, 0.25) is 0 Å². The van der Waals surface area contributed by atoms with Gasteiger partial charge in [-0.05, 0) is 74.5 Å². The van der Waals surface area contributed by atoms with Crippen LogP contribution in [0.2, 0.25) is 0 Å². The third kappa shape index (κ3) is 6.03. The van der Waals surface area contributed by atoms with E-state index in [0.717, 1.165) is 22.4 Å². The molecule has 2 atom stereocenters. The molecule has 2 aliphatic rings. The minimum absolute atomic E-state index is 0.550. The van der Waals surface area contributed by atoms with Crippen molar-refractivity contribution in [2.45, 2.75) is 38.9 Å². The van der Waals surface area contributed by atoms with Crippen LogP contribution in [0.25, 0.3) is 45.9 Å². The monoisotopic (exact) mass is 526 g/mol. The third-order valence-corrected chi connectivity index (χ3v) is 6.18. The smallest absolute Gasteiger partial charge is 0.261 e. The summed E-state index contributed by atoms with van der Waals surface area (Å²) < 4.78 is 62.1. The van der Waals surface area contributed by atoms with Crippen LogP contribution < -0.4 is 0 Å². The molecule has 38 heavy (non-hydrogen) atoms. The third-order valence-electron chi connectivity index (χ3n) is 6.18. The summed E-state index contributed by atoms with van der Waals surface area (Å²) in [7, 11) is 0. The molecule has 2 unspecified atom stereocenters. The van der Waals surface area contributed by atoms with Crippen molar-refractivity contribution in [1.29, 1.82) is 0 Å². The molecule has 0 spiro atoms. The fourth-order valence-electron chi connectivity index (χ4n) is 4.41. The summed E-state index contributed by atoms with van der Waals surface area (Å²) in [6.07, 6.45) is -0.890. The Morgan fingerprint density at radius 3 is 2.03 bits per heavy atom. The summed E-state index contributed by atoms with van der Waals surface area (Å²) in [5.41, 5.74) is 6.86. The highest BCUT2D eigenvalue weighted by Crippen LogP contribution is 2.30. The number of hydrogen-bond donors (Lipinski definition) is 2. The Bertz CT molecular complexity index is 1540. The summed E-state index contributed by atoms with van der Waals surface area (Å²) >= 11 is 0. The number of nitrogens with zero attached hydrogens (tertiary/aromatic N) is 2. The van der Waals surface area contributed by atoms with E-state index in [1.807, 2.05) is 48.6 Å². The first kappa shape index (κ1) is 25.9. The second kappa shape index (κ2) is 10.9. The Labute approximate surface area is 216 Å². The highest BCUT2D eigenvalue weighted by atomic mass is 19.3. The van der Waals surface area contributed by atoms with Crippen molar-refractivity contribution in [3.63, 3.8) is 0 Å². The molecule has 5 heterocycles. The summed E-state index contributed by atoms with van der Waals surface area (Å²) in [5, 5.41) is 0. The number of ether oxygens (including phenoxy) is 2. The number of H-pyrrole nitrogens is 2. The normalized spacial score (nSPS) is 14.8. The van der Waals surface area contributed by atoms with Crippen LogP contribution in [0.4, 0.5) is 17.6 Å². The lowest BCUT2D eigenvalue weighted by atomic mass is 10.1. The van der Waals surface area contributed by atoms with Crippen LogP contribution in [0.1, 0.15) is 48.3 Å². The van der Waals surface area contributed by atoms with Crippen molar-refractivity contribution in [2.24, 2.45) is 0 Å². The number of hydrogen-bond acceptors (Lipinski definition) is 4. The van der Waals surface area contributed by atoms with E-state index in [-0.39, 0.29) is 0 Å². The average Bonchev–Trinajstić information content (AvgIpc) is 3.65. The maximum Gasteiger partial charge on any atom is 0.261 e. The lowest BCUT2D eigenvalue weighted by Gasteiger charge is -2.13. The van der Waals surface area contributed by atoms with Crippen molar-refractivity contribution in [3.05, 3.63) is 70.8 Å². The van der Waals surface area contributed by atoms with Gasteiger partial charge in [0, 0.05) is 33.2 Å². The van der Waals surface area contributed by atoms with Crippen LogP contribution in [-0.4, -0.2) is 52.1 Å². The van der Waals surface area contributed by atoms with E-state index in [4.69, 9.17) is 14.5 Å². The molecular formula is C28H26F4N4O2. The van der Waals surface area contributed by atoms with E-state index in [9.17, 15) is 17.6 Å². The molecule has 198 valence electrons. The van der Waals surface area contributed by atoms with Gasteiger partial charge in [-0.15, -0.1) is 0 Å². The van der Waals surface area contributed by atoms with Crippen LogP contribution in [-0.2, 0) is 9.47 Å². The molecule has 6 nitrogen and oxygen atoms in total.